The molecule has 0 aromatic heterocycles. The third-order valence-electron chi connectivity index (χ3n) is 4.80. The summed E-state index contributed by atoms with van der Waals surface area (Å²) in [4.78, 5) is 13.7. The Labute approximate surface area is 172 Å². The number of anilines is 1. The summed E-state index contributed by atoms with van der Waals surface area (Å²) in [6, 6.07) is 28.9. The van der Waals surface area contributed by atoms with Crippen LogP contribution in [0.2, 0.25) is 0 Å². The Kier molecular flexibility index (Phi) is 7.42. The number of benzene rings is 3. The van der Waals surface area contributed by atoms with Crippen molar-refractivity contribution >= 4 is 11.7 Å². The summed E-state index contributed by atoms with van der Waals surface area (Å²) in [7, 11) is 0. The second-order valence-corrected chi connectivity index (χ2v) is 6.98. The third-order valence-corrected chi connectivity index (χ3v) is 4.80. The molecule has 0 heterocycles. The average molecular weight is 389 g/mol. The van der Waals surface area contributed by atoms with E-state index in [1.165, 1.54) is 11.1 Å². The minimum absolute atomic E-state index is 0.362. The van der Waals surface area contributed by atoms with Gasteiger partial charge in [-0.05, 0) is 35.7 Å². The number of hydrogen-bond donors (Lipinski definition) is 1. The van der Waals surface area contributed by atoms with Gasteiger partial charge in [0.25, 0.3) is 0 Å². The molecule has 4 heteroatoms. The van der Waals surface area contributed by atoms with Crippen LogP contribution in [0.15, 0.2) is 84.9 Å². The highest BCUT2D eigenvalue weighted by molar-refractivity contribution is 5.72. The molecule has 3 rings (SSSR count). The van der Waals surface area contributed by atoms with Gasteiger partial charge in [0.1, 0.15) is 0 Å². The van der Waals surface area contributed by atoms with Crippen molar-refractivity contribution in [3.63, 3.8) is 0 Å². The standard InChI is InChI=1S/C25H27NO3/c1-2-29-24(25(27)28)17-20-13-15-23(16-14-20)26(18-21-9-5-3-6-10-21)19-22-11-7-4-8-12-22/h3-16,24H,2,17-19H2,1H3,(H,27,28)/t24-/m1/s1. The van der Waals surface area contributed by atoms with E-state index in [0.29, 0.717) is 13.0 Å². The first kappa shape index (κ1) is 20.6. The summed E-state index contributed by atoms with van der Waals surface area (Å²) in [5.41, 5.74) is 4.54. The van der Waals surface area contributed by atoms with Crippen LogP contribution in [0.4, 0.5) is 5.69 Å². The molecule has 0 unspecified atom stereocenters. The van der Waals surface area contributed by atoms with Gasteiger partial charge in [-0.25, -0.2) is 4.79 Å². The Bertz CT molecular complexity index is 837. The number of hydrogen-bond acceptors (Lipinski definition) is 3. The highest BCUT2D eigenvalue weighted by atomic mass is 16.5. The monoisotopic (exact) mass is 389 g/mol. The van der Waals surface area contributed by atoms with Crippen LogP contribution in [-0.2, 0) is 29.0 Å². The molecule has 0 bridgehead atoms. The predicted molar refractivity (Wildman–Crippen MR) is 116 cm³/mol. The molecular formula is C25H27NO3. The van der Waals surface area contributed by atoms with Gasteiger partial charge in [-0.2, -0.15) is 0 Å². The molecule has 0 saturated heterocycles. The van der Waals surface area contributed by atoms with Crippen molar-refractivity contribution in [2.45, 2.75) is 32.5 Å². The first-order valence-electron chi connectivity index (χ1n) is 9.92. The van der Waals surface area contributed by atoms with Gasteiger partial charge in [0.05, 0.1) is 0 Å². The fourth-order valence-corrected chi connectivity index (χ4v) is 3.32. The van der Waals surface area contributed by atoms with Gasteiger partial charge in [-0.3, -0.25) is 0 Å². The zero-order chi connectivity index (χ0) is 20.5. The molecule has 1 atom stereocenters. The number of rotatable bonds is 10. The molecule has 3 aromatic carbocycles. The lowest BCUT2D eigenvalue weighted by Crippen LogP contribution is -2.26. The van der Waals surface area contributed by atoms with Crippen molar-refractivity contribution < 1.29 is 14.6 Å². The Morgan fingerprint density at radius 2 is 1.34 bits per heavy atom. The van der Waals surface area contributed by atoms with Crippen molar-refractivity contribution in [3.05, 3.63) is 102 Å². The Hall–Kier alpha value is -3.11. The quantitative estimate of drug-likeness (QED) is 0.534. The van der Waals surface area contributed by atoms with E-state index in [4.69, 9.17) is 4.74 Å². The summed E-state index contributed by atoms with van der Waals surface area (Å²) in [5.74, 6) is -0.925. The lowest BCUT2D eigenvalue weighted by molar-refractivity contribution is -0.149. The van der Waals surface area contributed by atoms with Gasteiger partial charge in [0.2, 0.25) is 0 Å². The fourth-order valence-electron chi connectivity index (χ4n) is 3.32. The maximum Gasteiger partial charge on any atom is 0.333 e. The summed E-state index contributed by atoms with van der Waals surface area (Å²) in [6.45, 7) is 3.79. The predicted octanol–water partition coefficient (Wildman–Crippen LogP) is 4.93. The van der Waals surface area contributed by atoms with Crippen molar-refractivity contribution in [3.8, 4) is 0 Å². The molecule has 3 aromatic rings. The van der Waals surface area contributed by atoms with Crippen molar-refractivity contribution in [1.82, 2.24) is 0 Å². The van der Waals surface area contributed by atoms with E-state index in [0.717, 1.165) is 24.3 Å². The number of carboxylic acid groups (broad SMARTS) is 1. The van der Waals surface area contributed by atoms with Crippen molar-refractivity contribution in [1.29, 1.82) is 0 Å². The summed E-state index contributed by atoms with van der Waals surface area (Å²) >= 11 is 0. The normalized spacial score (nSPS) is 11.8. The number of carbonyl (C=O) groups is 1. The van der Waals surface area contributed by atoms with Gasteiger partial charge in [0.15, 0.2) is 6.10 Å². The van der Waals surface area contributed by atoms with Crippen LogP contribution in [0.25, 0.3) is 0 Å². The molecule has 29 heavy (non-hydrogen) atoms. The van der Waals surface area contributed by atoms with Crippen LogP contribution in [0, 0.1) is 0 Å². The number of aliphatic carboxylic acids is 1. The number of carboxylic acids is 1. The third kappa shape index (κ3) is 6.19. The number of ether oxygens (including phenoxy) is 1. The second kappa shape index (κ2) is 10.4. The molecule has 0 fully saturated rings. The zero-order valence-electron chi connectivity index (χ0n) is 16.7. The summed E-state index contributed by atoms with van der Waals surface area (Å²) < 4.78 is 5.33. The van der Waals surface area contributed by atoms with E-state index in [1.54, 1.807) is 0 Å². The lowest BCUT2D eigenvalue weighted by Gasteiger charge is -2.26. The van der Waals surface area contributed by atoms with E-state index in [9.17, 15) is 9.90 Å². The van der Waals surface area contributed by atoms with Gasteiger partial charge in [-0.1, -0.05) is 72.8 Å². The molecule has 1 N–H and O–H groups in total. The SMILES string of the molecule is CCO[C@H](Cc1ccc(N(Cc2ccccc2)Cc2ccccc2)cc1)C(=O)O. The number of nitrogens with zero attached hydrogens (tertiary/aromatic N) is 1. The molecule has 150 valence electrons. The van der Waals surface area contributed by atoms with Crippen LogP contribution < -0.4 is 4.90 Å². The van der Waals surface area contributed by atoms with Crippen LogP contribution in [0.3, 0.4) is 0 Å². The molecule has 0 amide bonds. The Morgan fingerprint density at radius 3 is 1.79 bits per heavy atom. The highest BCUT2D eigenvalue weighted by Gasteiger charge is 2.18. The van der Waals surface area contributed by atoms with Crippen LogP contribution in [0.5, 0.6) is 0 Å². The average Bonchev–Trinajstić information content (AvgIpc) is 2.75. The maximum atomic E-state index is 11.3. The van der Waals surface area contributed by atoms with Crippen molar-refractivity contribution in [2.75, 3.05) is 11.5 Å². The van der Waals surface area contributed by atoms with E-state index in [2.05, 4.69) is 65.6 Å². The molecule has 0 radical (unpaired) electrons. The van der Waals surface area contributed by atoms with E-state index < -0.39 is 12.1 Å². The molecule has 4 nitrogen and oxygen atoms in total. The van der Waals surface area contributed by atoms with Crippen molar-refractivity contribution in [2.24, 2.45) is 0 Å². The van der Waals surface area contributed by atoms with Crippen LogP contribution in [-0.4, -0.2) is 23.8 Å². The van der Waals surface area contributed by atoms with E-state index >= 15 is 0 Å². The van der Waals surface area contributed by atoms with Crippen LogP contribution in [0.1, 0.15) is 23.6 Å². The first-order chi connectivity index (χ1) is 14.2. The Morgan fingerprint density at radius 1 is 0.828 bits per heavy atom. The van der Waals surface area contributed by atoms with Gasteiger partial charge >= 0.3 is 5.97 Å². The van der Waals surface area contributed by atoms with Gasteiger partial charge < -0.3 is 14.7 Å². The van der Waals surface area contributed by atoms with Gasteiger partial charge in [-0.15, -0.1) is 0 Å². The van der Waals surface area contributed by atoms with Crippen LogP contribution >= 0.6 is 0 Å². The zero-order valence-corrected chi connectivity index (χ0v) is 16.7. The highest BCUT2D eigenvalue weighted by Crippen LogP contribution is 2.22. The molecular weight excluding hydrogens is 362 g/mol. The van der Waals surface area contributed by atoms with Gasteiger partial charge in [0, 0.05) is 31.8 Å². The maximum absolute atomic E-state index is 11.3. The molecule has 0 aliphatic carbocycles. The molecule has 0 aliphatic rings. The van der Waals surface area contributed by atoms with E-state index in [-0.39, 0.29) is 0 Å². The summed E-state index contributed by atoms with van der Waals surface area (Å²) in [6.07, 6.45) is -0.448. The minimum Gasteiger partial charge on any atom is -0.479 e. The lowest BCUT2D eigenvalue weighted by atomic mass is 10.1. The fraction of sp³-hybridized carbons (Fsp3) is 0.240. The Balaban J connectivity index is 1.78. The first-order valence-corrected chi connectivity index (χ1v) is 9.92. The molecule has 0 saturated carbocycles. The second-order valence-electron chi connectivity index (χ2n) is 6.98. The topological polar surface area (TPSA) is 49.8 Å². The largest absolute Gasteiger partial charge is 0.479 e. The summed E-state index contributed by atoms with van der Waals surface area (Å²) in [5, 5.41) is 9.30. The molecule has 0 spiro atoms. The molecule has 0 aliphatic heterocycles. The van der Waals surface area contributed by atoms with E-state index in [1.807, 2.05) is 31.2 Å². The minimum atomic E-state index is -0.925. The smallest absolute Gasteiger partial charge is 0.333 e.